The molecule has 0 saturated carbocycles. The first-order valence-electron chi connectivity index (χ1n) is 4.15. The smallest absolute Gasteiger partial charge is 0.349 e. The summed E-state index contributed by atoms with van der Waals surface area (Å²) >= 11 is 2.20. The highest BCUT2D eigenvalue weighted by molar-refractivity contribution is 14.1. The number of nitrogens with two attached hydrogens (primary N) is 1. The van der Waals surface area contributed by atoms with Gasteiger partial charge in [-0.1, -0.05) is 12.1 Å². The molecule has 1 aromatic carbocycles. The number of anilines is 1. The number of H-pyrrole nitrogens is 1. The predicted molar refractivity (Wildman–Crippen MR) is 65.2 cm³/mol. The van der Waals surface area contributed by atoms with Crippen molar-refractivity contribution < 1.29 is 0 Å². The van der Waals surface area contributed by atoms with Gasteiger partial charge in [0.25, 0.3) is 0 Å². The van der Waals surface area contributed by atoms with Crippen LogP contribution >= 0.6 is 22.6 Å². The Morgan fingerprint density at radius 1 is 1.20 bits per heavy atom. The van der Waals surface area contributed by atoms with Crippen LogP contribution in [0.25, 0.3) is 11.4 Å². The average Bonchev–Trinajstić information content (AvgIpc) is 2.17. The maximum atomic E-state index is 11.1. The highest BCUT2D eigenvalue weighted by atomic mass is 127. The Morgan fingerprint density at radius 3 is 2.47 bits per heavy atom. The fourth-order valence-electron chi connectivity index (χ4n) is 1.15. The molecule has 0 atom stereocenters. The number of hydrogen-bond acceptors (Lipinski definition) is 4. The van der Waals surface area contributed by atoms with E-state index in [1.54, 1.807) is 0 Å². The third kappa shape index (κ3) is 2.32. The number of nitrogen functional groups attached to an aromatic ring is 1. The molecule has 6 heteroatoms. The maximum absolute atomic E-state index is 11.1. The molecule has 2 rings (SSSR count). The van der Waals surface area contributed by atoms with E-state index in [2.05, 4.69) is 37.5 Å². The number of aromatic nitrogens is 3. The van der Waals surface area contributed by atoms with Gasteiger partial charge >= 0.3 is 5.69 Å². The fourth-order valence-corrected chi connectivity index (χ4v) is 1.50. The second-order valence-electron chi connectivity index (χ2n) is 2.87. The van der Waals surface area contributed by atoms with Crippen LogP contribution in [0.3, 0.4) is 0 Å². The molecule has 0 amide bonds. The largest absolute Gasteiger partial charge is 0.368 e. The zero-order valence-electron chi connectivity index (χ0n) is 7.57. The third-order valence-corrected chi connectivity index (χ3v) is 2.50. The van der Waals surface area contributed by atoms with Crippen molar-refractivity contribution >= 4 is 28.5 Å². The zero-order valence-corrected chi connectivity index (χ0v) is 9.72. The molecule has 3 N–H and O–H groups in total. The van der Waals surface area contributed by atoms with Crippen LogP contribution in [0.4, 0.5) is 5.95 Å². The molecule has 1 heterocycles. The van der Waals surface area contributed by atoms with E-state index in [9.17, 15) is 4.79 Å². The molecule has 0 aliphatic carbocycles. The molecule has 0 bridgehead atoms. The van der Waals surface area contributed by atoms with Crippen molar-refractivity contribution in [3.63, 3.8) is 0 Å². The first-order chi connectivity index (χ1) is 7.15. The van der Waals surface area contributed by atoms with Crippen molar-refractivity contribution in [3.8, 4) is 11.4 Å². The lowest BCUT2D eigenvalue weighted by Gasteiger charge is -2.00. The van der Waals surface area contributed by atoms with E-state index < -0.39 is 5.69 Å². The molecule has 0 saturated heterocycles. The number of halogens is 1. The number of aromatic amines is 1. The van der Waals surface area contributed by atoms with Gasteiger partial charge in [-0.3, -0.25) is 4.98 Å². The van der Waals surface area contributed by atoms with Gasteiger partial charge in [0.1, 0.15) is 5.82 Å². The minimum atomic E-state index is -0.490. The summed E-state index contributed by atoms with van der Waals surface area (Å²) in [5.74, 6) is 0.413. The first-order valence-corrected chi connectivity index (χ1v) is 5.23. The van der Waals surface area contributed by atoms with Crippen LogP contribution < -0.4 is 11.4 Å². The summed E-state index contributed by atoms with van der Waals surface area (Å²) in [6.07, 6.45) is 0. The number of nitrogens with zero attached hydrogens (tertiary/aromatic N) is 2. The van der Waals surface area contributed by atoms with Crippen molar-refractivity contribution in [2.75, 3.05) is 5.73 Å². The van der Waals surface area contributed by atoms with Gasteiger partial charge < -0.3 is 5.73 Å². The molecule has 0 aliphatic rings. The van der Waals surface area contributed by atoms with Gasteiger partial charge in [0.05, 0.1) is 0 Å². The van der Waals surface area contributed by atoms with Crippen LogP contribution in [0.1, 0.15) is 0 Å². The number of hydrogen-bond donors (Lipinski definition) is 2. The summed E-state index contributed by atoms with van der Waals surface area (Å²) in [5, 5.41) is 0. The molecule has 2 aromatic rings. The predicted octanol–water partition coefficient (Wildman–Crippen LogP) is 1.02. The summed E-state index contributed by atoms with van der Waals surface area (Å²) in [6, 6.07) is 7.57. The van der Waals surface area contributed by atoms with Crippen molar-refractivity contribution in [1.29, 1.82) is 0 Å². The van der Waals surface area contributed by atoms with Crippen molar-refractivity contribution in [3.05, 3.63) is 38.3 Å². The minimum Gasteiger partial charge on any atom is -0.368 e. The molecule has 0 fully saturated rings. The lowest BCUT2D eigenvalue weighted by Crippen LogP contribution is -2.15. The van der Waals surface area contributed by atoms with Crippen LogP contribution in [-0.2, 0) is 0 Å². The van der Waals surface area contributed by atoms with E-state index in [0.717, 1.165) is 9.13 Å². The van der Waals surface area contributed by atoms with Gasteiger partial charge in [-0.05, 0) is 34.7 Å². The summed E-state index contributed by atoms with van der Waals surface area (Å²) in [6.45, 7) is 0. The van der Waals surface area contributed by atoms with Crippen molar-refractivity contribution in [2.24, 2.45) is 0 Å². The van der Waals surface area contributed by atoms with Crippen LogP contribution in [0, 0.1) is 3.57 Å². The number of nitrogens with one attached hydrogen (secondary N) is 1. The van der Waals surface area contributed by atoms with Crippen LogP contribution in [0.15, 0.2) is 29.1 Å². The van der Waals surface area contributed by atoms with E-state index in [1.165, 1.54) is 0 Å². The maximum Gasteiger partial charge on any atom is 0.349 e. The SMILES string of the molecule is Nc1nc(-c2ccc(I)cc2)[nH]c(=O)n1. The molecular formula is C9H7IN4O. The average molecular weight is 314 g/mol. The Kier molecular flexibility index (Phi) is 2.67. The third-order valence-electron chi connectivity index (χ3n) is 1.79. The highest BCUT2D eigenvalue weighted by Gasteiger charge is 2.02. The van der Waals surface area contributed by atoms with Crippen LogP contribution in [-0.4, -0.2) is 15.0 Å². The molecule has 15 heavy (non-hydrogen) atoms. The summed E-state index contributed by atoms with van der Waals surface area (Å²) in [7, 11) is 0. The molecule has 5 nitrogen and oxygen atoms in total. The normalized spacial score (nSPS) is 10.2. The lowest BCUT2D eigenvalue weighted by atomic mass is 10.2. The summed E-state index contributed by atoms with van der Waals surface area (Å²) < 4.78 is 1.11. The number of rotatable bonds is 1. The van der Waals surface area contributed by atoms with Gasteiger partial charge in [0.15, 0.2) is 0 Å². The molecule has 0 radical (unpaired) electrons. The molecule has 0 spiro atoms. The van der Waals surface area contributed by atoms with E-state index >= 15 is 0 Å². The van der Waals surface area contributed by atoms with Crippen LogP contribution in [0.5, 0.6) is 0 Å². The Hall–Kier alpha value is -1.44. The Balaban J connectivity index is 2.54. The first kappa shape index (κ1) is 10.1. The van der Waals surface area contributed by atoms with E-state index in [-0.39, 0.29) is 5.95 Å². The van der Waals surface area contributed by atoms with Gasteiger partial charge in [0.2, 0.25) is 5.95 Å². The summed E-state index contributed by atoms with van der Waals surface area (Å²) in [5.41, 5.74) is 5.70. The number of benzene rings is 1. The Morgan fingerprint density at radius 2 is 1.87 bits per heavy atom. The van der Waals surface area contributed by atoms with E-state index in [1.807, 2.05) is 24.3 Å². The topological polar surface area (TPSA) is 84.7 Å². The molecule has 0 aliphatic heterocycles. The van der Waals surface area contributed by atoms with Crippen molar-refractivity contribution in [2.45, 2.75) is 0 Å². The fraction of sp³-hybridized carbons (Fsp3) is 0. The van der Waals surface area contributed by atoms with Gasteiger partial charge in [-0.25, -0.2) is 4.79 Å². The van der Waals surface area contributed by atoms with E-state index in [0.29, 0.717) is 5.82 Å². The minimum absolute atomic E-state index is 0.0210. The Labute approximate surface area is 98.9 Å². The highest BCUT2D eigenvalue weighted by Crippen LogP contribution is 2.15. The quantitative estimate of drug-likeness (QED) is 0.770. The van der Waals surface area contributed by atoms with Gasteiger partial charge in [-0.15, -0.1) is 0 Å². The van der Waals surface area contributed by atoms with E-state index in [4.69, 9.17) is 5.73 Å². The lowest BCUT2D eigenvalue weighted by molar-refractivity contribution is 1.01. The van der Waals surface area contributed by atoms with Crippen LogP contribution in [0.2, 0.25) is 0 Å². The molecule has 1 aromatic heterocycles. The second kappa shape index (κ2) is 3.97. The second-order valence-corrected chi connectivity index (χ2v) is 4.11. The van der Waals surface area contributed by atoms with Crippen molar-refractivity contribution in [1.82, 2.24) is 15.0 Å². The molecule has 0 unspecified atom stereocenters. The van der Waals surface area contributed by atoms with Gasteiger partial charge in [0, 0.05) is 9.13 Å². The standard InChI is InChI=1S/C9H7IN4O/c10-6-3-1-5(2-4-6)7-12-8(11)14-9(15)13-7/h1-4H,(H3,11,12,13,14,15). The summed E-state index contributed by atoms with van der Waals surface area (Å²) in [4.78, 5) is 21.0. The molecular weight excluding hydrogens is 307 g/mol. The molecule has 76 valence electrons. The van der Waals surface area contributed by atoms with Gasteiger partial charge in [-0.2, -0.15) is 9.97 Å². The zero-order chi connectivity index (χ0) is 10.8. The Bertz CT molecular complexity index is 535. The monoisotopic (exact) mass is 314 g/mol.